The average Bonchev–Trinajstić information content (AvgIpc) is 2.64. The Kier molecular flexibility index (Phi) is 3.19. The van der Waals surface area contributed by atoms with Crippen molar-refractivity contribution in [1.29, 1.82) is 0 Å². The second-order valence-electron chi connectivity index (χ2n) is 3.82. The molecule has 0 saturated carbocycles. The third-order valence-corrected chi connectivity index (χ3v) is 2.34. The predicted octanol–water partition coefficient (Wildman–Crippen LogP) is 1.78. The van der Waals surface area contributed by atoms with Crippen LogP contribution in [0.2, 0.25) is 0 Å². The Morgan fingerprint density at radius 3 is 2.88 bits per heavy atom. The first-order chi connectivity index (χ1) is 7.74. The standard InChI is InChI=1S/C12H16N4/c1-10-4-3-5-12(14-10)13-8-6-11-7-9-16(2)15-11/h3-5,7,9H,6,8H2,1-2H3,(H,13,14). The van der Waals surface area contributed by atoms with E-state index >= 15 is 0 Å². The topological polar surface area (TPSA) is 42.7 Å². The number of rotatable bonds is 4. The number of aromatic nitrogens is 3. The molecular weight excluding hydrogens is 200 g/mol. The van der Waals surface area contributed by atoms with Crippen molar-refractivity contribution in [3.63, 3.8) is 0 Å². The Morgan fingerprint density at radius 2 is 2.19 bits per heavy atom. The quantitative estimate of drug-likeness (QED) is 0.847. The van der Waals surface area contributed by atoms with E-state index in [-0.39, 0.29) is 0 Å². The van der Waals surface area contributed by atoms with E-state index < -0.39 is 0 Å². The van der Waals surface area contributed by atoms with Gasteiger partial charge < -0.3 is 5.32 Å². The van der Waals surface area contributed by atoms with E-state index in [0.29, 0.717) is 0 Å². The van der Waals surface area contributed by atoms with Crippen molar-refractivity contribution in [3.8, 4) is 0 Å². The van der Waals surface area contributed by atoms with E-state index in [1.165, 1.54) is 0 Å². The molecule has 0 saturated heterocycles. The highest BCUT2D eigenvalue weighted by molar-refractivity contribution is 5.35. The van der Waals surface area contributed by atoms with E-state index in [1.807, 2.05) is 49.1 Å². The first-order valence-corrected chi connectivity index (χ1v) is 5.40. The monoisotopic (exact) mass is 216 g/mol. The molecule has 1 N–H and O–H groups in total. The molecule has 0 aromatic carbocycles. The second kappa shape index (κ2) is 4.79. The van der Waals surface area contributed by atoms with Crippen LogP contribution in [-0.4, -0.2) is 21.3 Å². The number of pyridine rings is 1. The fourth-order valence-electron chi connectivity index (χ4n) is 1.56. The molecule has 2 aromatic rings. The zero-order valence-electron chi connectivity index (χ0n) is 9.64. The Bertz CT molecular complexity index is 462. The third kappa shape index (κ3) is 2.82. The molecule has 2 heterocycles. The Hall–Kier alpha value is -1.84. The molecule has 0 bridgehead atoms. The van der Waals surface area contributed by atoms with Crippen LogP contribution in [0.5, 0.6) is 0 Å². The zero-order valence-corrected chi connectivity index (χ0v) is 9.64. The maximum Gasteiger partial charge on any atom is 0.126 e. The summed E-state index contributed by atoms with van der Waals surface area (Å²) < 4.78 is 1.82. The number of hydrogen-bond acceptors (Lipinski definition) is 3. The molecule has 4 heteroatoms. The molecule has 0 fully saturated rings. The summed E-state index contributed by atoms with van der Waals surface area (Å²) in [6.45, 7) is 2.84. The van der Waals surface area contributed by atoms with Gasteiger partial charge in [0.05, 0.1) is 5.69 Å². The number of anilines is 1. The van der Waals surface area contributed by atoms with Gasteiger partial charge in [-0.3, -0.25) is 4.68 Å². The van der Waals surface area contributed by atoms with Gasteiger partial charge in [0, 0.05) is 31.9 Å². The SMILES string of the molecule is Cc1cccc(NCCc2ccn(C)n2)n1. The number of aryl methyl sites for hydroxylation is 2. The van der Waals surface area contributed by atoms with E-state index in [2.05, 4.69) is 15.4 Å². The smallest absolute Gasteiger partial charge is 0.126 e. The lowest BCUT2D eigenvalue weighted by molar-refractivity contribution is 0.742. The molecule has 0 aliphatic heterocycles. The van der Waals surface area contributed by atoms with Gasteiger partial charge in [0.1, 0.15) is 5.82 Å². The number of nitrogens with zero attached hydrogens (tertiary/aromatic N) is 3. The fraction of sp³-hybridized carbons (Fsp3) is 0.333. The molecule has 84 valence electrons. The maximum absolute atomic E-state index is 4.37. The normalized spacial score (nSPS) is 10.4. The van der Waals surface area contributed by atoms with Crippen molar-refractivity contribution in [3.05, 3.63) is 41.9 Å². The summed E-state index contributed by atoms with van der Waals surface area (Å²) in [6, 6.07) is 8.01. The molecular formula is C12H16N4. The molecule has 0 aliphatic rings. The van der Waals surface area contributed by atoms with Crippen LogP contribution in [0.25, 0.3) is 0 Å². The van der Waals surface area contributed by atoms with E-state index in [0.717, 1.165) is 30.2 Å². The highest BCUT2D eigenvalue weighted by Gasteiger charge is 1.97. The van der Waals surface area contributed by atoms with Crippen LogP contribution < -0.4 is 5.32 Å². The van der Waals surface area contributed by atoms with Gasteiger partial charge in [-0.05, 0) is 25.1 Å². The molecule has 4 nitrogen and oxygen atoms in total. The molecule has 16 heavy (non-hydrogen) atoms. The zero-order chi connectivity index (χ0) is 11.4. The lowest BCUT2D eigenvalue weighted by Gasteiger charge is -2.04. The van der Waals surface area contributed by atoms with Crippen LogP contribution >= 0.6 is 0 Å². The van der Waals surface area contributed by atoms with Crippen molar-refractivity contribution in [1.82, 2.24) is 14.8 Å². The third-order valence-electron chi connectivity index (χ3n) is 2.34. The molecule has 0 atom stereocenters. The first-order valence-electron chi connectivity index (χ1n) is 5.40. The second-order valence-corrected chi connectivity index (χ2v) is 3.82. The van der Waals surface area contributed by atoms with Gasteiger partial charge in [0.2, 0.25) is 0 Å². The van der Waals surface area contributed by atoms with Crippen molar-refractivity contribution in [2.45, 2.75) is 13.3 Å². The summed E-state index contributed by atoms with van der Waals surface area (Å²) in [5, 5.41) is 7.60. The lowest BCUT2D eigenvalue weighted by atomic mass is 10.3. The van der Waals surface area contributed by atoms with Gasteiger partial charge in [-0.25, -0.2) is 4.98 Å². The van der Waals surface area contributed by atoms with Gasteiger partial charge in [0.15, 0.2) is 0 Å². The van der Waals surface area contributed by atoms with Crippen LogP contribution in [0.4, 0.5) is 5.82 Å². The van der Waals surface area contributed by atoms with Gasteiger partial charge in [-0.15, -0.1) is 0 Å². The Balaban J connectivity index is 1.84. The van der Waals surface area contributed by atoms with E-state index in [9.17, 15) is 0 Å². The van der Waals surface area contributed by atoms with Crippen LogP contribution in [-0.2, 0) is 13.5 Å². The molecule has 0 unspecified atom stereocenters. The minimum atomic E-state index is 0.855. The minimum absolute atomic E-state index is 0.855. The van der Waals surface area contributed by atoms with Crippen molar-refractivity contribution in [2.75, 3.05) is 11.9 Å². The average molecular weight is 216 g/mol. The molecule has 0 aliphatic carbocycles. The van der Waals surface area contributed by atoms with Crippen LogP contribution in [0, 0.1) is 6.92 Å². The number of nitrogens with one attached hydrogen (secondary N) is 1. The largest absolute Gasteiger partial charge is 0.370 e. The summed E-state index contributed by atoms with van der Waals surface area (Å²) in [5.74, 6) is 0.927. The number of hydrogen-bond donors (Lipinski definition) is 1. The van der Waals surface area contributed by atoms with Crippen molar-refractivity contribution < 1.29 is 0 Å². The summed E-state index contributed by atoms with van der Waals surface area (Å²) >= 11 is 0. The molecule has 2 aromatic heterocycles. The summed E-state index contributed by atoms with van der Waals surface area (Å²) in [6.07, 6.45) is 2.87. The van der Waals surface area contributed by atoms with Gasteiger partial charge in [-0.2, -0.15) is 5.10 Å². The Morgan fingerprint density at radius 1 is 1.31 bits per heavy atom. The summed E-state index contributed by atoms with van der Waals surface area (Å²) in [4.78, 5) is 4.37. The molecule has 0 amide bonds. The molecule has 0 spiro atoms. The highest BCUT2D eigenvalue weighted by Crippen LogP contribution is 2.04. The van der Waals surface area contributed by atoms with E-state index in [1.54, 1.807) is 0 Å². The predicted molar refractivity (Wildman–Crippen MR) is 64.4 cm³/mol. The van der Waals surface area contributed by atoms with Gasteiger partial charge >= 0.3 is 0 Å². The summed E-state index contributed by atoms with van der Waals surface area (Å²) in [5.41, 5.74) is 2.13. The highest BCUT2D eigenvalue weighted by atomic mass is 15.2. The Labute approximate surface area is 95.3 Å². The molecule has 2 rings (SSSR count). The maximum atomic E-state index is 4.37. The van der Waals surface area contributed by atoms with Crippen molar-refractivity contribution in [2.24, 2.45) is 7.05 Å². The first kappa shape index (κ1) is 10.7. The van der Waals surface area contributed by atoms with Crippen LogP contribution in [0.1, 0.15) is 11.4 Å². The minimum Gasteiger partial charge on any atom is -0.370 e. The van der Waals surface area contributed by atoms with Crippen LogP contribution in [0.15, 0.2) is 30.5 Å². The van der Waals surface area contributed by atoms with E-state index in [4.69, 9.17) is 0 Å². The van der Waals surface area contributed by atoms with Gasteiger partial charge in [-0.1, -0.05) is 6.07 Å². The lowest BCUT2D eigenvalue weighted by Crippen LogP contribution is -2.07. The van der Waals surface area contributed by atoms with Crippen LogP contribution in [0.3, 0.4) is 0 Å². The summed E-state index contributed by atoms with van der Waals surface area (Å²) in [7, 11) is 1.93. The fourth-order valence-corrected chi connectivity index (χ4v) is 1.56. The molecule has 0 radical (unpaired) electrons. The van der Waals surface area contributed by atoms with Gasteiger partial charge in [0.25, 0.3) is 0 Å². The van der Waals surface area contributed by atoms with Crippen molar-refractivity contribution >= 4 is 5.82 Å².